The average Bonchev–Trinajstić information content (AvgIpc) is 3.33. The van der Waals surface area contributed by atoms with Gasteiger partial charge in [0, 0.05) is 37.8 Å². The van der Waals surface area contributed by atoms with Crippen LogP contribution in [0.4, 0.5) is 4.39 Å². The van der Waals surface area contributed by atoms with E-state index in [2.05, 4.69) is 4.90 Å². The fourth-order valence-electron chi connectivity index (χ4n) is 4.92. The van der Waals surface area contributed by atoms with Crippen molar-refractivity contribution in [3.05, 3.63) is 46.3 Å². The minimum absolute atomic E-state index is 0.00463. The number of ether oxygens (including phenoxy) is 2. The molecule has 14 nitrogen and oxygen atoms in total. The smallest absolute Gasteiger partial charge is 0.275 e. The molecule has 0 spiro atoms. The largest absolute Gasteiger partial charge is 0.504 e. The molecule has 3 atom stereocenters. The van der Waals surface area contributed by atoms with E-state index in [1.165, 1.54) is 12.1 Å². The lowest BCUT2D eigenvalue weighted by atomic mass is 9.54. The molecule has 4 rings (SSSR count). The van der Waals surface area contributed by atoms with Gasteiger partial charge in [-0.05, 0) is 11.6 Å². The van der Waals surface area contributed by atoms with Crippen LogP contribution in [0.2, 0.25) is 0 Å². The third kappa shape index (κ3) is 5.27. The molecule has 2 amide bonds. The van der Waals surface area contributed by atoms with Crippen LogP contribution in [0.25, 0.3) is 0 Å². The maximum Gasteiger partial charge on any atom is 0.275 e. The molecule has 0 aliphatic carbocycles. The molecule has 0 aromatic heterocycles. The van der Waals surface area contributed by atoms with E-state index in [1.807, 2.05) is 5.32 Å². The Kier molecular flexibility index (Phi) is 8.68. The zero-order chi connectivity index (χ0) is 31.9. The van der Waals surface area contributed by atoms with Crippen LogP contribution in [-0.4, -0.2) is 124 Å². The van der Waals surface area contributed by atoms with Crippen molar-refractivity contribution in [1.82, 2.24) is 15.1 Å². The number of morpholine rings is 1. The number of nitrogens with zero attached hydrogens (tertiary/aromatic N) is 2. The van der Waals surface area contributed by atoms with Crippen LogP contribution < -0.4 is 10.1 Å². The Morgan fingerprint density at radius 2 is 1.79 bits per heavy atom. The number of halogens is 1. The van der Waals surface area contributed by atoms with Gasteiger partial charge < -0.3 is 50.2 Å². The molecule has 1 saturated heterocycles. The molecule has 43 heavy (non-hydrogen) atoms. The Morgan fingerprint density at radius 1 is 1.14 bits per heavy atom. The number of benzene rings is 2. The van der Waals surface area contributed by atoms with Crippen LogP contribution in [0.5, 0.6) is 23.0 Å². The molecule has 2 aromatic rings. The fraction of sp³-hybridized carbons (Fsp3) is 0.423. The lowest BCUT2D eigenvalue weighted by Gasteiger charge is -2.50. The molecule has 7 N–H and O–H groups in total. The molecule has 0 bridgehead atoms. The van der Waals surface area contributed by atoms with Crippen LogP contribution in [0.3, 0.4) is 0 Å². The zero-order valence-electron chi connectivity index (χ0n) is 22.9. The monoisotopic (exact) mass is 599 g/mol. The van der Waals surface area contributed by atoms with E-state index in [0.29, 0.717) is 38.4 Å². The zero-order valence-corrected chi connectivity index (χ0v) is 22.9. The SMILES string of the molecule is [B]C(O)(C=O)C([B])(O)C(O)(C(=O)NC)N1Cc2c(OCc3ccc(CN4CCOCC4)cc3F)c(O)c(O)c(O)c2C1=O. The highest BCUT2D eigenvalue weighted by atomic mass is 19.1. The summed E-state index contributed by atoms with van der Waals surface area (Å²) in [5.41, 5.74) is -11.5. The Balaban J connectivity index is 1.68. The number of likely N-dealkylation sites (N-methyl/N-ethyl adjacent to an activating group) is 1. The summed E-state index contributed by atoms with van der Waals surface area (Å²) in [5.74, 6) is -7.94. The number of rotatable bonds is 10. The molecule has 2 aliphatic heterocycles. The summed E-state index contributed by atoms with van der Waals surface area (Å²) in [4.78, 5) is 39.8. The molecule has 2 aromatic carbocycles. The summed E-state index contributed by atoms with van der Waals surface area (Å²) < 4.78 is 25.9. The van der Waals surface area contributed by atoms with Crippen molar-refractivity contribution in [2.24, 2.45) is 0 Å². The van der Waals surface area contributed by atoms with Gasteiger partial charge in [-0.2, -0.15) is 0 Å². The first-order chi connectivity index (χ1) is 20.1. The van der Waals surface area contributed by atoms with Crippen LogP contribution >= 0.6 is 0 Å². The minimum atomic E-state index is -3.77. The van der Waals surface area contributed by atoms with E-state index in [4.69, 9.17) is 25.2 Å². The van der Waals surface area contributed by atoms with Gasteiger partial charge in [0.05, 0.1) is 25.3 Å². The van der Waals surface area contributed by atoms with Crippen LogP contribution in [0.1, 0.15) is 27.0 Å². The van der Waals surface area contributed by atoms with E-state index < -0.39 is 87.9 Å². The maximum absolute atomic E-state index is 15.0. The van der Waals surface area contributed by atoms with E-state index in [1.54, 1.807) is 6.07 Å². The van der Waals surface area contributed by atoms with E-state index in [9.17, 15) is 49.4 Å². The van der Waals surface area contributed by atoms with Crippen molar-refractivity contribution in [1.29, 1.82) is 0 Å². The van der Waals surface area contributed by atoms with Gasteiger partial charge in [0.15, 0.2) is 11.5 Å². The van der Waals surface area contributed by atoms with Crippen molar-refractivity contribution in [2.75, 3.05) is 33.4 Å². The second kappa shape index (κ2) is 11.7. The van der Waals surface area contributed by atoms with Crippen molar-refractivity contribution in [3.63, 3.8) is 0 Å². The highest BCUT2D eigenvalue weighted by Crippen LogP contribution is 2.52. The number of phenolic OH excluding ortho intramolecular Hbond substituents is 3. The fourth-order valence-corrected chi connectivity index (χ4v) is 4.92. The topological polar surface area (TPSA) is 210 Å². The molecule has 1 fully saturated rings. The van der Waals surface area contributed by atoms with Crippen molar-refractivity contribution in [3.8, 4) is 23.0 Å². The van der Waals surface area contributed by atoms with E-state index >= 15 is 0 Å². The first-order valence-corrected chi connectivity index (χ1v) is 12.9. The summed E-state index contributed by atoms with van der Waals surface area (Å²) in [6.45, 7) is 1.46. The molecule has 3 unspecified atom stereocenters. The molecule has 0 saturated carbocycles. The van der Waals surface area contributed by atoms with Gasteiger partial charge in [0.1, 0.15) is 45.4 Å². The van der Waals surface area contributed by atoms with E-state index in [0.717, 1.165) is 7.05 Å². The number of phenols is 3. The van der Waals surface area contributed by atoms with E-state index in [-0.39, 0.29) is 10.5 Å². The molecule has 17 heteroatoms. The molecule has 2 heterocycles. The summed E-state index contributed by atoms with van der Waals surface area (Å²) in [6, 6.07) is 4.39. The number of aldehydes is 1. The number of hydrogen-bond acceptors (Lipinski definition) is 12. The number of carbonyl (C=O) groups is 3. The quantitative estimate of drug-likeness (QED) is 0.0871. The molecule has 2 aliphatic rings. The normalized spacial score (nSPS) is 19.6. The number of nitrogens with one attached hydrogen (secondary N) is 1. The van der Waals surface area contributed by atoms with Crippen molar-refractivity contribution in [2.45, 2.75) is 36.4 Å². The van der Waals surface area contributed by atoms with Gasteiger partial charge in [-0.1, -0.05) is 12.1 Å². The number of aliphatic hydroxyl groups is 3. The Labute approximate surface area is 247 Å². The third-order valence-corrected chi connectivity index (χ3v) is 7.51. The summed E-state index contributed by atoms with van der Waals surface area (Å²) in [6.07, 6.45) is -0.487. The van der Waals surface area contributed by atoms with Crippen LogP contribution in [0.15, 0.2) is 18.2 Å². The number of fused-ring (bicyclic) bond motifs is 1. The highest BCUT2D eigenvalue weighted by Gasteiger charge is 2.65. The van der Waals surface area contributed by atoms with Crippen molar-refractivity contribution < 1.29 is 58.9 Å². The van der Waals surface area contributed by atoms with Crippen molar-refractivity contribution >= 4 is 33.8 Å². The van der Waals surface area contributed by atoms with Gasteiger partial charge in [-0.3, -0.25) is 19.4 Å². The van der Waals surface area contributed by atoms with Crippen LogP contribution in [0, 0.1) is 5.82 Å². The first-order valence-electron chi connectivity index (χ1n) is 12.9. The molecular weight excluding hydrogens is 571 g/mol. The Morgan fingerprint density at radius 3 is 2.37 bits per heavy atom. The van der Waals surface area contributed by atoms with Gasteiger partial charge >= 0.3 is 0 Å². The lowest BCUT2D eigenvalue weighted by Crippen LogP contribution is -2.79. The minimum Gasteiger partial charge on any atom is -0.504 e. The van der Waals surface area contributed by atoms with Gasteiger partial charge in [-0.15, -0.1) is 0 Å². The molecular formula is C26H28B2FN3O11. The summed E-state index contributed by atoms with van der Waals surface area (Å²) in [5, 5.41) is 65.6. The maximum atomic E-state index is 15.0. The second-order valence-electron chi connectivity index (χ2n) is 10.2. The van der Waals surface area contributed by atoms with Crippen LogP contribution in [-0.2, 0) is 34.0 Å². The van der Waals surface area contributed by atoms with Gasteiger partial charge in [0.25, 0.3) is 11.8 Å². The number of hydrogen-bond donors (Lipinski definition) is 7. The Hall–Kier alpha value is -3.89. The van der Waals surface area contributed by atoms with Gasteiger partial charge in [-0.25, -0.2) is 4.39 Å². The first kappa shape index (κ1) is 32.0. The summed E-state index contributed by atoms with van der Waals surface area (Å²) in [7, 11) is 11.9. The lowest BCUT2D eigenvalue weighted by molar-refractivity contribution is -0.219. The molecule has 4 radical (unpaired) electrons. The standard InChI is InChI=1S/C26H28B2FN3O11/c1-30-23(38)25(40,26(28,41)24(27,39)12-33)32-10-15-17(22(32)37)18(34)19(35)20(36)21(15)43-11-14-3-2-13(8-16(14)29)9-31-4-6-42-7-5-31/h2-3,8,12,34-36,39-41H,4-7,9-11H2,1H3,(H,30,38). The third-order valence-electron chi connectivity index (χ3n) is 7.51. The summed E-state index contributed by atoms with van der Waals surface area (Å²) >= 11 is 0. The number of carbonyl (C=O) groups excluding carboxylic acids is 3. The average molecular weight is 599 g/mol. The predicted molar refractivity (Wildman–Crippen MR) is 145 cm³/mol. The number of amides is 2. The number of aromatic hydroxyl groups is 3. The van der Waals surface area contributed by atoms with Gasteiger partial charge in [0.2, 0.25) is 17.2 Å². The molecule has 226 valence electrons. The predicted octanol–water partition coefficient (Wildman–Crippen LogP) is -2.34. The second-order valence-corrected chi connectivity index (χ2v) is 10.2. The highest BCUT2D eigenvalue weighted by molar-refractivity contribution is 6.33. The Bertz CT molecular complexity index is 1450.